The van der Waals surface area contributed by atoms with Gasteiger partial charge in [-0.3, -0.25) is 38.9 Å². The molecule has 0 fully saturated rings. The highest BCUT2D eigenvalue weighted by atomic mass is 16.7. The number of amides is 2. The van der Waals surface area contributed by atoms with E-state index in [2.05, 4.69) is 0 Å². The molecule has 13 nitrogen and oxygen atoms in total. The molecule has 0 saturated heterocycles. The van der Waals surface area contributed by atoms with Crippen molar-refractivity contribution >= 4 is 35.4 Å². The van der Waals surface area contributed by atoms with Crippen LogP contribution in [0, 0.1) is 16.0 Å². The van der Waals surface area contributed by atoms with Crippen LogP contribution < -0.4 is 0 Å². The van der Waals surface area contributed by atoms with Gasteiger partial charge in [0.1, 0.15) is 0 Å². The van der Waals surface area contributed by atoms with E-state index in [0.29, 0.717) is 0 Å². The van der Waals surface area contributed by atoms with Gasteiger partial charge in [-0.2, -0.15) is 0 Å². The van der Waals surface area contributed by atoms with Crippen LogP contribution in [-0.4, -0.2) is 66.6 Å². The first-order valence-corrected chi connectivity index (χ1v) is 9.85. The van der Waals surface area contributed by atoms with Crippen LogP contribution in [0.2, 0.25) is 0 Å². The topological polar surface area (TPSA) is 169 Å². The Morgan fingerprint density at radius 2 is 1.58 bits per heavy atom. The maximum absolute atomic E-state index is 13.6. The molecule has 0 aromatic heterocycles. The van der Waals surface area contributed by atoms with E-state index in [4.69, 9.17) is 19.0 Å². The molecule has 0 bridgehead atoms. The van der Waals surface area contributed by atoms with Gasteiger partial charge in [-0.25, -0.2) is 0 Å². The smallest absolute Gasteiger partial charge is 0.327 e. The van der Waals surface area contributed by atoms with Crippen molar-refractivity contribution in [3.8, 4) is 0 Å². The first kappa shape index (κ1) is 25.4. The molecule has 1 aromatic rings. The number of esters is 3. The molecule has 0 saturated carbocycles. The molecule has 1 unspecified atom stereocenters. The minimum Gasteiger partial charge on any atom is -0.465 e. The van der Waals surface area contributed by atoms with Crippen LogP contribution in [0.25, 0.3) is 0 Å². The first-order valence-electron chi connectivity index (χ1n) is 9.85. The van der Waals surface area contributed by atoms with Gasteiger partial charge in [0.25, 0.3) is 17.5 Å². The number of carbonyl (C=O) groups excluding carboxylic acids is 5. The number of imide groups is 1. The first-order chi connectivity index (χ1) is 15.6. The fraction of sp³-hybridized carbons (Fsp3) is 0.450. The second kappa shape index (κ2) is 10.2. The molecule has 0 radical (unpaired) electrons. The fourth-order valence-electron chi connectivity index (χ4n) is 3.54. The lowest BCUT2D eigenvalue weighted by atomic mass is 9.65. The Hall–Kier alpha value is -3.87. The van der Waals surface area contributed by atoms with Crippen molar-refractivity contribution in [2.75, 3.05) is 26.9 Å². The number of ether oxygens (including phenoxy) is 3. The standard InChI is InChI=1S/C20H22N2O11/c1-5-31-16(24)14(17(25)32-6-2)20(19(27)33-7-3)13-10-11(22(28)29)8-9-12(13)15(23)21(30-4)18(20)26/h8-10,14H,5-7H2,1-4H3. The maximum Gasteiger partial charge on any atom is 0.327 e. The highest BCUT2D eigenvalue weighted by Gasteiger charge is 2.68. The summed E-state index contributed by atoms with van der Waals surface area (Å²) in [6.45, 7) is 3.47. The number of hydrogen-bond donors (Lipinski definition) is 0. The van der Waals surface area contributed by atoms with E-state index in [1.165, 1.54) is 20.8 Å². The zero-order valence-electron chi connectivity index (χ0n) is 18.3. The Morgan fingerprint density at radius 3 is 2.03 bits per heavy atom. The summed E-state index contributed by atoms with van der Waals surface area (Å²) in [5, 5.41) is 11.6. The number of nitrogens with zero attached hydrogens (tertiary/aromatic N) is 2. The molecule has 0 spiro atoms. The van der Waals surface area contributed by atoms with Crippen molar-refractivity contribution in [1.82, 2.24) is 5.06 Å². The Morgan fingerprint density at radius 1 is 1.03 bits per heavy atom. The minimum atomic E-state index is -2.90. The van der Waals surface area contributed by atoms with Crippen LogP contribution in [0.15, 0.2) is 18.2 Å². The molecule has 1 atom stereocenters. The Labute approximate surface area is 187 Å². The second-order valence-corrected chi connectivity index (χ2v) is 6.54. The average molecular weight is 466 g/mol. The Bertz CT molecular complexity index is 988. The van der Waals surface area contributed by atoms with Gasteiger partial charge in [0.2, 0.25) is 0 Å². The third-order valence-corrected chi connectivity index (χ3v) is 4.83. The predicted molar refractivity (Wildman–Crippen MR) is 106 cm³/mol. The van der Waals surface area contributed by atoms with Gasteiger partial charge in [-0.05, 0) is 32.4 Å². The predicted octanol–water partition coefficient (Wildman–Crippen LogP) is 0.682. The molecule has 178 valence electrons. The molecule has 1 aromatic carbocycles. The van der Waals surface area contributed by atoms with E-state index in [0.717, 1.165) is 25.3 Å². The Balaban J connectivity index is 3.07. The van der Waals surface area contributed by atoms with Crippen molar-refractivity contribution < 1.29 is 47.9 Å². The molecule has 2 rings (SSSR count). The summed E-state index contributed by atoms with van der Waals surface area (Å²) in [5.74, 6) is -8.92. The number of non-ortho nitro benzene ring substituents is 1. The van der Waals surface area contributed by atoms with Gasteiger partial charge < -0.3 is 14.2 Å². The largest absolute Gasteiger partial charge is 0.465 e. The van der Waals surface area contributed by atoms with Gasteiger partial charge in [-0.1, -0.05) is 0 Å². The van der Waals surface area contributed by atoms with Crippen molar-refractivity contribution in [3.63, 3.8) is 0 Å². The van der Waals surface area contributed by atoms with E-state index >= 15 is 0 Å². The Kier molecular flexibility index (Phi) is 7.82. The number of nitro benzene ring substituents is 1. The summed E-state index contributed by atoms with van der Waals surface area (Å²) >= 11 is 0. The van der Waals surface area contributed by atoms with Gasteiger partial charge in [0, 0.05) is 17.7 Å². The third kappa shape index (κ3) is 4.14. The SMILES string of the molecule is CCOC(=O)C(C(=O)OCC)C1(C(=O)OCC)C(=O)N(OC)C(=O)c2ccc([N+](=O)[O-])cc21. The lowest BCUT2D eigenvalue weighted by molar-refractivity contribution is -0.385. The summed E-state index contributed by atoms with van der Waals surface area (Å²) in [6.07, 6.45) is 0. The van der Waals surface area contributed by atoms with Crippen LogP contribution in [0.1, 0.15) is 36.7 Å². The van der Waals surface area contributed by atoms with Crippen LogP contribution in [0.5, 0.6) is 0 Å². The zero-order valence-corrected chi connectivity index (χ0v) is 18.3. The third-order valence-electron chi connectivity index (χ3n) is 4.83. The molecule has 0 N–H and O–H groups in total. The summed E-state index contributed by atoms with van der Waals surface area (Å²) in [6, 6.07) is 2.70. The van der Waals surface area contributed by atoms with Crippen molar-refractivity contribution in [3.05, 3.63) is 39.4 Å². The number of hydrogen-bond acceptors (Lipinski definition) is 11. The number of nitro groups is 1. The fourth-order valence-corrected chi connectivity index (χ4v) is 3.54. The van der Waals surface area contributed by atoms with Crippen LogP contribution >= 0.6 is 0 Å². The van der Waals surface area contributed by atoms with E-state index in [9.17, 15) is 34.1 Å². The monoisotopic (exact) mass is 466 g/mol. The molecule has 1 heterocycles. The number of fused-ring (bicyclic) bond motifs is 1. The average Bonchev–Trinajstić information content (AvgIpc) is 2.76. The van der Waals surface area contributed by atoms with Gasteiger partial charge >= 0.3 is 17.9 Å². The highest BCUT2D eigenvalue weighted by Crippen LogP contribution is 2.44. The van der Waals surface area contributed by atoms with Gasteiger partial charge in [-0.15, -0.1) is 5.06 Å². The summed E-state index contributed by atoms with van der Waals surface area (Å²) in [7, 11) is 0.950. The normalized spacial score (nSPS) is 17.4. The molecular formula is C20H22N2O11. The maximum atomic E-state index is 13.6. The van der Waals surface area contributed by atoms with Crippen LogP contribution in [-0.2, 0) is 43.6 Å². The van der Waals surface area contributed by atoms with E-state index in [1.807, 2.05) is 0 Å². The lowest BCUT2D eigenvalue weighted by Gasteiger charge is -2.40. The van der Waals surface area contributed by atoms with Crippen molar-refractivity contribution in [2.45, 2.75) is 26.2 Å². The second-order valence-electron chi connectivity index (χ2n) is 6.54. The van der Waals surface area contributed by atoms with E-state index in [1.54, 1.807) is 0 Å². The van der Waals surface area contributed by atoms with Crippen LogP contribution in [0.3, 0.4) is 0 Å². The van der Waals surface area contributed by atoms with E-state index < -0.39 is 62.8 Å². The summed E-state index contributed by atoms with van der Waals surface area (Å²) in [4.78, 5) is 81.2. The van der Waals surface area contributed by atoms with E-state index in [-0.39, 0.29) is 24.9 Å². The minimum absolute atomic E-state index is 0.177. The number of hydroxylamine groups is 2. The molecule has 1 aliphatic heterocycles. The van der Waals surface area contributed by atoms with Crippen LogP contribution in [0.4, 0.5) is 5.69 Å². The van der Waals surface area contributed by atoms with Gasteiger partial charge in [0.15, 0.2) is 11.3 Å². The zero-order chi connectivity index (χ0) is 24.9. The molecular weight excluding hydrogens is 444 g/mol. The quantitative estimate of drug-likeness (QED) is 0.125. The van der Waals surface area contributed by atoms with Gasteiger partial charge in [0.05, 0.1) is 31.9 Å². The molecule has 33 heavy (non-hydrogen) atoms. The highest BCUT2D eigenvalue weighted by molar-refractivity contribution is 6.25. The summed E-state index contributed by atoms with van der Waals surface area (Å²) < 4.78 is 14.9. The molecule has 0 aliphatic carbocycles. The number of rotatable bonds is 9. The molecule has 13 heteroatoms. The van der Waals surface area contributed by atoms with Crippen molar-refractivity contribution in [1.29, 1.82) is 0 Å². The molecule has 1 aliphatic rings. The number of carbonyl (C=O) groups is 5. The lowest BCUT2D eigenvalue weighted by Crippen LogP contribution is -2.65. The summed E-state index contributed by atoms with van der Waals surface area (Å²) in [5.41, 5.74) is -4.49. The number of benzene rings is 1. The molecule has 2 amide bonds. The van der Waals surface area contributed by atoms with Crippen molar-refractivity contribution in [2.24, 2.45) is 5.92 Å².